The summed E-state index contributed by atoms with van der Waals surface area (Å²) in [5.74, 6) is 0. The van der Waals surface area contributed by atoms with Crippen LogP contribution in [-0.4, -0.2) is 13.6 Å². The summed E-state index contributed by atoms with van der Waals surface area (Å²) >= 11 is 0. The summed E-state index contributed by atoms with van der Waals surface area (Å²) in [5, 5.41) is 3.43. The lowest BCUT2D eigenvalue weighted by Crippen LogP contribution is -2.34. The zero-order valence-electron chi connectivity index (χ0n) is 13.0. The normalized spacial score (nSPS) is 17.6. The highest BCUT2D eigenvalue weighted by molar-refractivity contribution is 5.57. The number of hydrogen-bond donors (Lipinski definition) is 1. The molecule has 1 heterocycles. The van der Waals surface area contributed by atoms with E-state index < -0.39 is 0 Å². The van der Waals surface area contributed by atoms with Gasteiger partial charge in [0.2, 0.25) is 0 Å². The zero-order valence-corrected chi connectivity index (χ0v) is 13.0. The van der Waals surface area contributed by atoms with Gasteiger partial charge in [0.25, 0.3) is 0 Å². The Morgan fingerprint density at radius 2 is 1.76 bits per heavy atom. The molecule has 1 atom stereocenters. The molecule has 0 amide bonds. The average molecular weight is 280 g/mol. The fraction of sp³-hybridized carbons (Fsp3) is 0.368. The molecule has 1 aliphatic rings. The fourth-order valence-corrected chi connectivity index (χ4v) is 3.20. The molecule has 0 aromatic heterocycles. The minimum absolute atomic E-state index is 0.486. The van der Waals surface area contributed by atoms with Crippen molar-refractivity contribution in [1.82, 2.24) is 5.32 Å². The maximum atomic E-state index is 3.43. The van der Waals surface area contributed by atoms with Gasteiger partial charge in [-0.25, -0.2) is 0 Å². The van der Waals surface area contributed by atoms with E-state index in [1.54, 1.807) is 0 Å². The quantitative estimate of drug-likeness (QED) is 0.913. The minimum Gasteiger partial charge on any atom is -0.367 e. The summed E-state index contributed by atoms with van der Waals surface area (Å²) < 4.78 is 0. The van der Waals surface area contributed by atoms with Crippen LogP contribution in [0.3, 0.4) is 0 Å². The summed E-state index contributed by atoms with van der Waals surface area (Å²) in [7, 11) is 2.06. The van der Waals surface area contributed by atoms with Gasteiger partial charge in [0, 0.05) is 24.8 Å². The highest BCUT2D eigenvalue weighted by Crippen LogP contribution is 2.34. The molecule has 0 spiro atoms. The van der Waals surface area contributed by atoms with Gasteiger partial charge in [-0.2, -0.15) is 0 Å². The third kappa shape index (κ3) is 2.96. The number of para-hydroxylation sites is 1. The number of nitrogens with one attached hydrogen (secondary N) is 1. The van der Waals surface area contributed by atoms with Crippen LogP contribution >= 0.6 is 0 Å². The number of benzene rings is 2. The molecule has 21 heavy (non-hydrogen) atoms. The van der Waals surface area contributed by atoms with E-state index in [1.807, 2.05) is 0 Å². The molecule has 0 bridgehead atoms. The number of fused-ring (bicyclic) bond motifs is 1. The molecule has 110 valence electrons. The molecular formula is C19H24N2. The molecule has 1 N–H and O–H groups in total. The third-order valence-electron chi connectivity index (χ3n) is 4.49. The number of aryl methyl sites for hydroxylation is 1. The summed E-state index contributed by atoms with van der Waals surface area (Å²) in [6, 6.07) is 18.3. The lowest BCUT2D eigenvalue weighted by atomic mass is 9.96. The van der Waals surface area contributed by atoms with Gasteiger partial charge in [-0.05, 0) is 42.6 Å². The van der Waals surface area contributed by atoms with Gasteiger partial charge in [0.15, 0.2) is 0 Å². The lowest BCUT2D eigenvalue weighted by Gasteiger charge is -2.35. The van der Waals surface area contributed by atoms with Crippen molar-refractivity contribution >= 4 is 5.69 Å². The molecule has 0 saturated carbocycles. The molecule has 1 aliphatic heterocycles. The van der Waals surface area contributed by atoms with E-state index in [1.165, 1.54) is 28.8 Å². The molecular weight excluding hydrogens is 256 g/mol. The second kappa shape index (κ2) is 6.31. The number of hydrogen-bond acceptors (Lipinski definition) is 2. The molecule has 0 saturated heterocycles. The van der Waals surface area contributed by atoms with Gasteiger partial charge in [-0.3, -0.25) is 0 Å². The summed E-state index contributed by atoms with van der Waals surface area (Å²) in [6.45, 7) is 4.31. The van der Waals surface area contributed by atoms with Gasteiger partial charge < -0.3 is 10.2 Å². The van der Waals surface area contributed by atoms with E-state index in [0.717, 1.165) is 19.5 Å². The lowest BCUT2D eigenvalue weighted by molar-refractivity contribution is 0.516. The van der Waals surface area contributed by atoms with Crippen molar-refractivity contribution in [3.05, 3.63) is 65.2 Å². The van der Waals surface area contributed by atoms with E-state index in [-0.39, 0.29) is 0 Å². The van der Waals surface area contributed by atoms with Gasteiger partial charge in [0.05, 0.1) is 0 Å². The molecule has 0 radical (unpaired) electrons. The maximum Gasteiger partial charge on any atom is 0.0429 e. The molecule has 3 rings (SSSR count). The van der Waals surface area contributed by atoms with Crippen LogP contribution in [0.15, 0.2) is 48.5 Å². The van der Waals surface area contributed by atoms with Crippen LogP contribution in [-0.2, 0) is 13.0 Å². The molecule has 2 aromatic rings. The topological polar surface area (TPSA) is 15.3 Å². The van der Waals surface area contributed by atoms with Crippen LogP contribution in [0.5, 0.6) is 0 Å². The highest BCUT2D eigenvalue weighted by Gasteiger charge is 2.23. The number of anilines is 1. The first kappa shape index (κ1) is 14.2. The monoisotopic (exact) mass is 280 g/mol. The van der Waals surface area contributed by atoms with Gasteiger partial charge in [-0.1, -0.05) is 49.4 Å². The van der Waals surface area contributed by atoms with Crippen molar-refractivity contribution in [2.75, 3.05) is 18.5 Å². The van der Waals surface area contributed by atoms with Crippen LogP contribution in [0.25, 0.3) is 0 Å². The van der Waals surface area contributed by atoms with E-state index >= 15 is 0 Å². The van der Waals surface area contributed by atoms with Crippen molar-refractivity contribution in [3.63, 3.8) is 0 Å². The van der Waals surface area contributed by atoms with Gasteiger partial charge >= 0.3 is 0 Å². The van der Waals surface area contributed by atoms with Crippen molar-refractivity contribution < 1.29 is 0 Å². The molecule has 2 aromatic carbocycles. The first-order valence-electron chi connectivity index (χ1n) is 7.90. The predicted molar refractivity (Wildman–Crippen MR) is 89.7 cm³/mol. The van der Waals surface area contributed by atoms with E-state index in [4.69, 9.17) is 0 Å². The minimum atomic E-state index is 0.486. The van der Waals surface area contributed by atoms with Crippen molar-refractivity contribution in [2.45, 2.75) is 32.4 Å². The van der Waals surface area contributed by atoms with Crippen LogP contribution in [0.4, 0.5) is 5.69 Å². The Bertz CT molecular complexity index is 589. The Balaban J connectivity index is 1.82. The first-order chi connectivity index (χ1) is 10.3. The predicted octanol–water partition coefficient (Wildman–Crippen LogP) is 3.92. The van der Waals surface area contributed by atoms with Crippen LogP contribution in [0.2, 0.25) is 0 Å². The van der Waals surface area contributed by atoms with E-state index in [9.17, 15) is 0 Å². The van der Waals surface area contributed by atoms with Gasteiger partial charge in [-0.15, -0.1) is 0 Å². The number of rotatable bonds is 4. The highest BCUT2D eigenvalue weighted by atomic mass is 15.1. The Morgan fingerprint density at radius 3 is 2.48 bits per heavy atom. The molecule has 1 unspecified atom stereocenters. The Kier molecular flexibility index (Phi) is 4.26. The SMILES string of the molecule is CCc1ccc(CN2CCC(NC)c3ccccc32)cc1. The first-order valence-corrected chi connectivity index (χ1v) is 7.90. The summed E-state index contributed by atoms with van der Waals surface area (Å²) in [4.78, 5) is 2.50. The average Bonchev–Trinajstić information content (AvgIpc) is 2.56. The molecule has 2 nitrogen and oxygen atoms in total. The smallest absolute Gasteiger partial charge is 0.0429 e. The fourth-order valence-electron chi connectivity index (χ4n) is 3.20. The summed E-state index contributed by atoms with van der Waals surface area (Å²) in [6.07, 6.45) is 2.28. The van der Waals surface area contributed by atoms with Crippen molar-refractivity contribution in [1.29, 1.82) is 0 Å². The van der Waals surface area contributed by atoms with Gasteiger partial charge in [0.1, 0.15) is 0 Å². The molecule has 0 fully saturated rings. The second-order valence-corrected chi connectivity index (χ2v) is 5.78. The van der Waals surface area contributed by atoms with Crippen LogP contribution < -0.4 is 10.2 Å². The Morgan fingerprint density at radius 1 is 1.05 bits per heavy atom. The standard InChI is InChI=1S/C19H24N2/c1-3-15-8-10-16(11-9-15)14-21-13-12-18(20-2)17-6-4-5-7-19(17)21/h4-11,18,20H,3,12-14H2,1-2H3. The maximum absolute atomic E-state index is 3.43. The third-order valence-corrected chi connectivity index (χ3v) is 4.49. The Labute approximate surface area is 127 Å². The van der Waals surface area contributed by atoms with E-state index in [2.05, 4.69) is 72.7 Å². The van der Waals surface area contributed by atoms with E-state index in [0.29, 0.717) is 6.04 Å². The van der Waals surface area contributed by atoms with Crippen LogP contribution in [0, 0.1) is 0 Å². The molecule has 2 heteroatoms. The summed E-state index contributed by atoms with van der Waals surface area (Å²) in [5.41, 5.74) is 5.61. The Hall–Kier alpha value is -1.80. The largest absolute Gasteiger partial charge is 0.367 e. The van der Waals surface area contributed by atoms with Crippen LogP contribution in [0.1, 0.15) is 36.1 Å². The van der Waals surface area contributed by atoms with Crippen molar-refractivity contribution in [2.24, 2.45) is 0 Å². The second-order valence-electron chi connectivity index (χ2n) is 5.78. The van der Waals surface area contributed by atoms with Crippen molar-refractivity contribution in [3.8, 4) is 0 Å². The molecule has 0 aliphatic carbocycles. The number of nitrogens with zero attached hydrogens (tertiary/aromatic N) is 1. The zero-order chi connectivity index (χ0) is 14.7.